The lowest BCUT2D eigenvalue weighted by atomic mass is 9.95. The van der Waals surface area contributed by atoms with Gasteiger partial charge in [-0.1, -0.05) is 22.9 Å². The number of rotatable bonds is 3. The minimum absolute atomic E-state index is 0.146. The first-order valence-corrected chi connectivity index (χ1v) is 10.6. The molecule has 1 aliphatic rings. The van der Waals surface area contributed by atoms with Crippen molar-refractivity contribution in [1.29, 1.82) is 0 Å². The summed E-state index contributed by atoms with van der Waals surface area (Å²) in [6.45, 7) is 1.48. The van der Waals surface area contributed by atoms with Crippen LogP contribution >= 0.6 is 22.9 Å². The van der Waals surface area contributed by atoms with Gasteiger partial charge in [0.25, 0.3) is 0 Å². The molecule has 0 saturated heterocycles. The first-order chi connectivity index (χ1) is 14.5. The molecule has 0 saturated carbocycles. The molecule has 3 aromatic heterocycles. The van der Waals surface area contributed by atoms with Crippen LogP contribution in [0, 0.1) is 0 Å². The number of nitrogens with zero attached hydrogens (tertiary/aromatic N) is 4. The number of hydrogen-bond acceptors (Lipinski definition) is 6. The number of carbonyl (C=O) groups excluding carboxylic acids is 1. The molecule has 5 rings (SSSR count). The minimum atomic E-state index is -0.146. The quantitative estimate of drug-likeness (QED) is 0.465. The molecule has 1 aliphatic carbocycles. The van der Waals surface area contributed by atoms with E-state index in [0.717, 1.165) is 51.6 Å². The van der Waals surface area contributed by atoms with Crippen LogP contribution in [0.5, 0.6) is 0 Å². The van der Waals surface area contributed by atoms with Gasteiger partial charge >= 0.3 is 0 Å². The topological polar surface area (TPSA) is 98.7 Å². The Balaban J connectivity index is 1.77. The second kappa shape index (κ2) is 7.23. The zero-order valence-electron chi connectivity index (χ0n) is 16.0. The average Bonchev–Trinajstić information content (AvgIpc) is 3.29. The molecule has 0 bridgehead atoms. The number of nitrogens with two attached hydrogens (primary N) is 1. The summed E-state index contributed by atoms with van der Waals surface area (Å²) in [5.74, 6) is -0.146. The van der Waals surface area contributed by atoms with E-state index in [0.29, 0.717) is 15.8 Å². The summed E-state index contributed by atoms with van der Waals surface area (Å²) in [4.78, 5) is 21.4. The van der Waals surface area contributed by atoms with Gasteiger partial charge in [-0.2, -0.15) is 5.10 Å². The van der Waals surface area contributed by atoms with E-state index in [1.807, 2.05) is 29.1 Å². The summed E-state index contributed by atoms with van der Waals surface area (Å²) in [5.41, 5.74) is 12.0. The van der Waals surface area contributed by atoms with Crippen molar-refractivity contribution < 1.29 is 4.79 Å². The molecule has 3 N–H and O–H groups in total. The number of nitrogen functional groups attached to an aromatic ring is 1. The van der Waals surface area contributed by atoms with Crippen LogP contribution in [0.2, 0.25) is 5.02 Å². The van der Waals surface area contributed by atoms with Gasteiger partial charge in [0, 0.05) is 36.1 Å². The molecule has 0 spiro atoms. The highest BCUT2D eigenvalue weighted by atomic mass is 35.5. The van der Waals surface area contributed by atoms with Crippen molar-refractivity contribution in [1.82, 2.24) is 19.7 Å². The van der Waals surface area contributed by atoms with E-state index < -0.39 is 0 Å². The molecule has 0 radical (unpaired) electrons. The van der Waals surface area contributed by atoms with Crippen molar-refractivity contribution in [2.45, 2.75) is 19.8 Å². The van der Waals surface area contributed by atoms with Gasteiger partial charge < -0.3 is 11.1 Å². The van der Waals surface area contributed by atoms with Crippen molar-refractivity contribution in [3.8, 4) is 27.5 Å². The van der Waals surface area contributed by atoms with Gasteiger partial charge in [0.2, 0.25) is 5.91 Å². The Kier molecular flexibility index (Phi) is 4.52. The third kappa shape index (κ3) is 3.14. The molecule has 1 amide bonds. The van der Waals surface area contributed by atoms with Crippen LogP contribution in [0.15, 0.2) is 42.7 Å². The lowest BCUT2D eigenvalue weighted by Crippen LogP contribution is -2.07. The Labute approximate surface area is 181 Å². The Morgan fingerprint density at radius 3 is 2.90 bits per heavy atom. The summed E-state index contributed by atoms with van der Waals surface area (Å²) in [7, 11) is 0. The van der Waals surface area contributed by atoms with E-state index in [4.69, 9.17) is 22.4 Å². The number of benzene rings is 1. The van der Waals surface area contributed by atoms with E-state index in [1.54, 1.807) is 18.3 Å². The fourth-order valence-electron chi connectivity index (χ4n) is 3.68. The molecule has 30 heavy (non-hydrogen) atoms. The van der Waals surface area contributed by atoms with Crippen LogP contribution in [0.3, 0.4) is 0 Å². The fraction of sp³-hybridized carbons (Fsp3) is 0.143. The number of anilines is 2. The summed E-state index contributed by atoms with van der Waals surface area (Å²) < 4.78 is 1.85. The number of amides is 1. The molecule has 0 fully saturated rings. The van der Waals surface area contributed by atoms with E-state index in [9.17, 15) is 4.79 Å². The molecule has 1 aromatic carbocycles. The average molecular weight is 437 g/mol. The van der Waals surface area contributed by atoms with Gasteiger partial charge in [0.1, 0.15) is 0 Å². The fourth-order valence-corrected chi connectivity index (χ4v) is 5.06. The van der Waals surface area contributed by atoms with Crippen LogP contribution in [0.25, 0.3) is 27.5 Å². The molecule has 3 heterocycles. The largest absolute Gasteiger partial charge is 0.399 e. The van der Waals surface area contributed by atoms with Gasteiger partial charge in [-0.15, -0.1) is 0 Å². The predicted molar refractivity (Wildman–Crippen MR) is 119 cm³/mol. The second-order valence-electron chi connectivity index (χ2n) is 7.02. The van der Waals surface area contributed by atoms with Gasteiger partial charge in [0.15, 0.2) is 5.13 Å². The molecule has 150 valence electrons. The molecule has 0 unspecified atom stereocenters. The van der Waals surface area contributed by atoms with Gasteiger partial charge in [-0.3, -0.25) is 9.78 Å². The first-order valence-electron chi connectivity index (χ1n) is 9.36. The van der Waals surface area contributed by atoms with E-state index in [-0.39, 0.29) is 5.91 Å². The zero-order valence-corrected chi connectivity index (χ0v) is 17.6. The highest BCUT2D eigenvalue weighted by Crippen LogP contribution is 2.44. The third-order valence-corrected chi connectivity index (χ3v) is 6.25. The summed E-state index contributed by atoms with van der Waals surface area (Å²) in [5, 5.41) is 8.82. The maximum Gasteiger partial charge on any atom is 0.223 e. The molecule has 7 nitrogen and oxygen atoms in total. The van der Waals surface area contributed by atoms with Crippen LogP contribution in [0.4, 0.5) is 10.8 Å². The van der Waals surface area contributed by atoms with Crippen LogP contribution in [-0.4, -0.2) is 25.7 Å². The van der Waals surface area contributed by atoms with E-state index in [2.05, 4.69) is 15.3 Å². The Hall–Kier alpha value is -3.23. The molecule has 4 aromatic rings. The highest BCUT2D eigenvalue weighted by molar-refractivity contribution is 7.19. The van der Waals surface area contributed by atoms with Gasteiger partial charge in [-0.05, 0) is 43.2 Å². The zero-order chi connectivity index (χ0) is 20.8. The van der Waals surface area contributed by atoms with Gasteiger partial charge in [0.05, 0.1) is 32.7 Å². The summed E-state index contributed by atoms with van der Waals surface area (Å²) in [6.07, 6.45) is 5.10. The number of hydrogen-bond donors (Lipinski definition) is 2. The van der Waals surface area contributed by atoms with E-state index in [1.165, 1.54) is 18.3 Å². The predicted octanol–water partition coefficient (Wildman–Crippen LogP) is 4.35. The first kappa shape index (κ1) is 18.8. The smallest absolute Gasteiger partial charge is 0.223 e. The second-order valence-corrected chi connectivity index (χ2v) is 8.42. The standard InChI is InChI=1S/C21H17ClN6OS/c1-11(29)25-21-26-16-6-5-14-18(12-3-2-8-24-10-12)27-28(19(14)20(16)30-21)17-7-4-13(23)9-15(17)22/h2-4,7-10H,5-6,23H2,1H3,(H,25,26,29). The molecular weight excluding hydrogens is 420 g/mol. The summed E-state index contributed by atoms with van der Waals surface area (Å²) in [6, 6.07) is 9.27. The number of aryl methyl sites for hydroxylation is 1. The van der Waals surface area contributed by atoms with Crippen molar-refractivity contribution >= 4 is 39.7 Å². The third-order valence-electron chi connectivity index (χ3n) is 4.93. The molecular formula is C21H17ClN6OS. The lowest BCUT2D eigenvalue weighted by Gasteiger charge is -2.15. The van der Waals surface area contributed by atoms with Crippen molar-refractivity contribution in [3.63, 3.8) is 0 Å². The Morgan fingerprint density at radius 1 is 1.30 bits per heavy atom. The SMILES string of the molecule is CC(=O)Nc1nc2c(s1)-c1c(c(-c3cccnc3)nn1-c1ccc(N)cc1Cl)CC2. The van der Waals surface area contributed by atoms with E-state index >= 15 is 0 Å². The van der Waals surface area contributed by atoms with Crippen molar-refractivity contribution in [3.05, 3.63) is 59.0 Å². The number of halogens is 1. The number of thiazole rings is 1. The van der Waals surface area contributed by atoms with Crippen molar-refractivity contribution in [2.24, 2.45) is 0 Å². The molecule has 0 atom stereocenters. The lowest BCUT2D eigenvalue weighted by molar-refractivity contribution is -0.114. The number of pyridine rings is 1. The molecule has 9 heteroatoms. The number of aromatic nitrogens is 4. The normalized spacial score (nSPS) is 12.3. The Morgan fingerprint density at radius 2 is 2.17 bits per heavy atom. The van der Waals surface area contributed by atoms with Crippen LogP contribution < -0.4 is 11.1 Å². The highest BCUT2D eigenvalue weighted by Gasteiger charge is 2.30. The van der Waals surface area contributed by atoms with Crippen LogP contribution in [-0.2, 0) is 17.6 Å². The number of nitrogens with one attached hydrogen (secondary N) is 1. The minimum Gasteiger partial charge on any atom is -0.399 e. The summed E-state index contributed by atoms with van der Waals surface area (Å²) >= 11 is 7.99. The monoisotopic (exact) mass is 436 g/mol. The number of carbonyl (C=O) groups is 1. The molecule has 0 aliphatic heterocycles. The van der Waals surface area contributed by atoms with Gasteiger partial charge in [-0.25, -0.2) is 9.67 Å². The maximum absolute atomic E-state index is 11.5. The Bertz CT molecular complexity index is 1280. The number of fused-ring (bicyclic) bond motifs is 3. The van der Waals surface area contributed by atoms with Crippen molar-refractivity contribution in [2.75, 3.05) is 11.1 Å². The van der Waals surface area contributed by atoms with Crippen LogP contribution in [0.1, 0.15) is 18.2 Å². The maximum atomic E-state index is 11.5.